The average Bonchev–Trinajstić information content (AvgIpc) is 3.56. The molecule has 1 saturated heterocycles. The van der Waals surface area contributed by atoms with Crippen LogP contribution in [0.2, 0.25) is 0 Å². The molecule has 0 radical (unpaired) electrons. The van der Waals surface area contributed by atoms with E-state index in [1.165, 1.54) is 6.42 Å². The van der Waals surface area contributed by atoms with Crippen molar-refractivity contribution in [3.8, 4) is 11.5 Å². The van der Waals surface area contributed by atoms with Crippen molar-refractivity contribution in [2.75, 3.05) is 36.5 Å². The predicted molar refractivity (Wildman–Crippen MR) is 146 cm³/mol. The first-order valence-electron chi connectivity index (χ1n) is 13.5. The number of hydrogen-bond acceptors (Lipinski definition) is 9. The number of anilines is 2. The van der Waals surface area contributed by atoms with Crippen LogP contribution in [0.1, 0.15) is 42.0 Å². The number of aromatic nitrogens is 4. The molecule has 2 fully saturated rings. The Balaban J connectivity index is 1.20. The van der Waals surface area contributed by atoms with Gasteiger partial charge in [0.15, 0.2) is 17.8 Å². The second-order valence-electron chi connectivity index (χ2n) is 10.1. The molecule has 1 saturated carbocycles. The van der Waals surface area contributed by atoms with Crippen molar-refractivity contribution in [1.82, 2.24) is 20.0 Å². The Hall–Kier alpha value is -4.31. The van der Waals surface area contributed by atoms with E-state index >= 15 is 0 Å². The highest BCUT2D eigenvalue weighted by Crippen LogP contribution is 2.37. The molecule has 39 heavy (non-hydrogen) atoms. The third kappa shape index (κ3) is 4.61. The van der Waals surface area contributed by atoms with E-state index in [0.29, 0.717) is 25.1 Å². The van der Waals surface area contributed by atoms with E-state index in [2.05, 4.69) is 20.4 Å². The van der Waals surface area contributed by atoms with Crippen LogP contribution >= 0.6 is 0 Å². The lowest BCUT2D eigenvalue weighted by Crippen LogP contribution is -2.37. The van der Waals surface area contributed by atoms with E-state index in [4.69, 9.17) is 19.2 Å². The number of nitrogens with zero attached hydrogens (tertiary/aromatic N) is 6. The zero-order chi connectivity index (χ0) is 26.2. The Morgan fingerprint density at radius 3 is 2.51 bits per heavy atom. The van der Waals surface area contributed by atoms with Gasteiger partial charge in [0.2, 0.25) is 0 Å². The number of ether oxygens (including phenoxy) is 1. The van der Waals surface area contributed by atoms with E-state index in [1.807, 2.05) is 65.5 Å². The topological polar surface area (TPSA) is 111 Å². The molecule has 1 aliphatic carbocycles. The van der Waals surface area contributed by atoms with Gasteiger partial charge < -0.3 is 19.4 Å². The molecule has 10 heteroatoms. The summed E-state index contributed by atoms with van der Waals surface area (Å²) in [6, 6.07) is 18.3. The van der Waals surface area contributed by atoms with Gasteiger partial charge in [-0.3, -0.25) is 14.5 Å². The van der Waals surface area contributed by atoms with Crippen molar-refractivity contribution < 1.29 is 13.9 Å². The maximum absolute atomic E-state index is 13.3. The fourth-order valence-electron chi connectivity index (χ4n) is 5.29. The minimum atomic E-state index is -0.864. The van der Waals surface area contributed by atoms with Crippen LogP contribution in [0.25, 0.3) is 11.5 Å². The minimum Gasteiger partial charge on any atom is -0.403 e. The van der Waals surface area contributed by atoms with Crippen LogP contribution in [0.3, 0.4) is 0 Å². The molecule has 2 aromatic carbocycles. The van der Waals surface area contributed by atoms with Crippen LogP contribution in [0.15, 0.2) is 70.2 Å². The molecular formula is C29H29N7O3. The lowest BCUT2D eigenvalue weighted by molar-refractivity contribution is -0.119. The molecule has 7 rings (SSSR count). The average molecular weight is 524 g/mol. The molecule has 2 aliphatic heterocycles. The summed E-state index contributed by atoms with van der Waals surface area (Å²) in [6.45, 7) is 2.81. The second kappa shape index (κ2) is 10.1. The van der Waals surface area contributed by atoms with Crippen LogP contribution in [-0.4, -0.2) is 63.9 Å². The molecule has 0 amide bonds. The molecule has 0 unspecified atom stereocenters. The van der Waals surface area contributed by atoms with Gasteiger partial charge in [0, 0.05) is 36.8 Å². The molecule has 0 bridgehead atoms. The lowest BCUT2D eigenvalue weighted by atomic mass is 9.93. The largest absolute Gasteiger partial charge is 0.403 e. The van der Waals surface area contributed by atoms with Gasteiger partial charge in [-0.1, -0.05) is 59.7 Å². The van der Waals surface area contributed by atoms with Crippen LogP contribution in [0.4, 0.5) is 11.8 Å². The third-order valence-corrected chi connectivity index (χ3v) is 7.64. The monoisotopic (exact) mass is 523 g/mol. The van der Waals surface area contributed by atoms with Crippen molar-refractivity contribution in [1.29, 1.82) is 0 Å². The highest BCUT2D eigenvalue weighted by atomic mass is 16.5. The number of rotatable bonds is 6. The van der Waals surface area contributed by atoms with Gasteiger partial charge in [-0.05, 0) is 24.8 Å². The van der Waals surface area contributed by atoms with E-state index in [9.17, 15) is 4.79 Å². The van der Waals surface area contributed by atoms with Gasteiger partial charge >= 0.3 is 6.01 Å². The summed E-state index contributed by atoms with van der Waals surface area (Å²) < 4.78 is 13.7. The Morgan fingerprint density at radius 2 is 1.72 bits per heavy atom. The molecule has 1 N–H and O–H groups in total. The minimum absolute atomic E-state index is 0.0695. The summed E-state index contributed by atoms with van der Waals surface area (Å²) in [5, 5.41) is 16.6. The number of nitrogens with one attached hydrogen (secondary N) is 1. The van der Waals surface area contributed by atoms with Gasteiger partial charge in [-0.25, -0.2) is 0 Å². The van der Waals surface area contributed by atoms with Crippen LogP contribution in [0.5, 0.6) is 0 Å². The van der Waals surface area contributed by atoms with Gasteiger partial charge in [0.1, 0.15) is 5.56 Å². The van der Waals surface area contributed by atoms with Crippen LogP contribution in [-0.2, 0) is 16.0 Å². The lowest BCUT2D eigenvalue weighted by Gasteiger charge is -2.28. The van der Waals surface area contributed by atoms with E-state index in [-0.39, 0.29) is 18.2 Å². The van der Waals surface area contributed by atoms with Gasteiger partial charge in [0.25, 0.3) is 5.89 Å². The maximum atomic E-state index is 13.3. The fourth-order valence-corrected chi connectivity index (χ4v) is 5.29. The number of Topliss-reactive ketones (excluding diaryl/α,β-unsaturated/α-hetero) is 1. The molecule has 198 valence electrons. The summed E-state index contributed by atoms with van der Waals surface area (Å²) in [6.07, 6.45) is 4.85. The number of carbonyl (C=O) groups excluding carboxylic acids is 1. The van der Waals surface area contributed by atoms with Crippen molar-refractivity contribution >= 4 is 23.3 Å². The summed E-state index contributed by atoms with van der Waals surface area (Å²) >= 11 is 0. The highest BCUT2D eigenvalue weighted by Gasteiger charge is 2.30. The van der Waals surface area contributed by atoms with Crippen molar-refractivity contribution in [3.63, 3.8) is 0 Å². The molecule has 4 heterocycles. The number of benzene rings is 2. The van der Waals surface area contributed by atoms with Gasteiger partial charge in [-0.2, -0.15) is 5.10 Å². The van der Waals surface area contributed by atoms with Crippen molar-refractivity contribution in [2.45, 2.75) is 37.9 Å². The zero-order valence-electron chi connectivity index (χ0n) is 21.5. The number of carbonyl (C=O) groups is 1. The zero-order valence-corrected chi connectivity index (χ0v) is 21.5. The number of ketones is 1. The molecule has 1 atom stereocenters. The number of morpholine rings is 1. The van der Waals surface area contributed by atoms with Crippen LogP contribution < -0.4 is 10.2 Å². The highest BCUT2D eigenvalue weighted by molar-refractivity contribution is 6.16. The quantitative estimate of drug-likeness (QED) is 0.405. The van der Waals surface area contributed by atoms with Gasteiger partial charge in [-0.15, -0.1) is 5.10 Å². The van der Waals surface area contributed by atoms with Gasteiger partial charge in [0.05, 0.1) is 25.0 Å². The molecule has 3 aliphatic rings. The van der Waals surface area contributed by atoms with E-state index < -0.39 is 6.17 Å². The predicted octanol–water partition coefficient (Wildman–Crippen LogP) is 3.90. The number of fused-ring (bicyclic) bond motifs is 1. The summed E-state index contributed by atoms with van der Waals surface area (Å²) in [7, 11) is 0. The third-order valence-electron chi connectivity index (χ3n) is 7.64. The fraction of sp³-hybridized carbons (Fsp3) is 0.345. The number of hydrogen-bond donors (Lipinski definition) is 1. The Morgan fingerprint density at radius 1 is 0.923 bits per heavy atom. The Labute approximate surface area is 225 Å². The summed E-state index contributed by atoms with van der Waals surface area (Å²) in [4.78, 5) is 20.4. The van der Waals surface area contributed by atoms with E-state index in [1.54, 1.807) is 0 Å². The summed E-state index contributed by atoms with van der Waals surface area (Å²) in [5.41, 5.74) is 4.38. The second-order valence-corrected chi connectivity index (χ2v) is 10.1. The summed E-state index contributed by atoms with van der Waals surface area (Å²) in [5.74, 6) is 1.12. The first-order valence-corrected chi connectivity index (χ1v) is 13.5. The Kier molecular flexibility index (Phi) is 6.16. The van der Waals surface area contributed by atoms with Crippen LogP contribution in [0, 0.1) is 0 Å². The van der Waals surface area contributed by atoms with Crippen molar-refractivity contribution in [2.24, 2.45) is 4.99 Å². The standard InChI is InChI=1S/C29H29N7O3/c37-24-17-20-9-4-5-12-22(20)25(19-7-2-1-3-8-19)30-26(24)31-29-33-32-28(39-29)23-18-36(21-10-6-11-21)34-27(23)35-13-15-38-16-14-35/h1-5,7-9,12,18,21,26H,6,10-11,13-17H2,(H,31,33)/t26-/m1/s1. The normalized spacial score (nSPS) is 19.7. The van der Waals surface area contributed by atoms with Crippen molar-refractivity contribution in [3.05, 3.63) is 77.5 Å². The molecule has 0 spiro atoms. The number of aliphatic imine (C=N–C) groups is 1. The smallest absolute Gasteiger partial charge is 0.317 e. The SMILES string of the molecule is O=C1Cc2ccccc2C(c2ccccc2)=N[C@@H]1Nc1nnc(-c2cn(C3CCC3)nc2N2CCOCC2)o1. The first-order chi connectivity index (χ1) is 19.2. The molecular weight excluding hydrogens is 494 g/mol. The molecule has 10 nitrogen and oxygen atoms in total. The Bertz CT molecular complexity index is 1520. The van der Waals surface area contributed by atoms with E-state index in [0.717, 1.165) is 59.7 Å². The molecule has 4 aromatic rings. The molecule has 2 aromatic heterocycles. The maximum Gasteiger partial charge on any atom is 0.317 e. The first kappa shape index (κ1) is 23.8.